The molecule has 1 saturated heterocycles. The van der Waals surface area contributed by atoms with E-state index in [-0.39, 0.29) is 23.8 Å². The van der Waals surface area contributed by atoms with E-state index >= 15 is 0 Å². The van der Waals surface area contributed by atoms with Crippen molar-refractivity contribution in [3.63, 3.8) is 0 Å². The zero-order valence-corrected chi connectivity index (χ0v) is 7.55. The standard InChI is InChI=1S/C11H10O3/c12-10-8-4-1-2-5(7-3-6(4)7)9(8)11(13)14-10/h1-2,4-9H,3H2/t4-,5-,6-,7-,8-,9+/m0/s1. The highest BCUT2D eigenvalue weighted by atomic mass is 16.6. The molecule has 0 aromatic rings. The molecule has 2 saturated carbocycles. The summed E-state index contributed by atoms with van der Waals surface area (Å²) in [7, 11) is 0. The monoisotopic (exact) mass is 190 g/mol. The van der Waals surface area contributed by atoms with E-state index in [1.807, 2.05) is 0 Å². The number of carbonyl (C=O) groups excluding carboxylic acids is 2. The molecule has 0 radical (unpaired) electrons. The predicted octanol–water partition coefficient (Wildman–Crippen LogP) is 0.754. The molecule has 0 aromatic heterocycles. The average Bonchev–Trinajstić information content (AvgIpc) is 2.92. The molecule has 3 heteroatoms. The first-order valence-electron chi connectivity index (χ1n) is 5.21. The van der Waals surface area contributed by atoms with Crippen LogP contribution in [0, 0.1) is 35.5 Å². The number of carbonyl (C=O) groups is 2. The summed E-state index contributed by atoms with van der Waals surface area (Å²) in [6, 6.07) is 0. The fraction of sp³-hybridized carbons (Fsp3) is 0.636. The largest absolute Gasteiger partial charge is 0.393 e. The fourth-order valence-electron chi connectivity index (χ4n) is 3.76. The minimum absolute atomic E-state index is 0.138. The Hall–Kier alpha value is -1.12. The van der Waals surface area contributed by atoms with Crippen molar-refractivity contribution in [2.75, 3.05) is 0 Å². The molecule has 0 spiro atoms. The molecule has 14 heavy (non-hydrogen) atoms. The van der Waals surface area contributed by atoms with Crippen molar-refractivity contribution in [3.8, 4) is 0 Å². The Morgan fingerprint density at radius 1 is 1.00 bits per heavy atom. The van der Waals surface area contributed by atoms with E-state index in [1.54, 1.807) is 0 Å². The number of allylic oxidation sites excluding steroid dienone is 2. The number of rotatable bonds is 0. The van der Waals surface area contributed by atoms with Crippen molar-refractivity contribution in [2.45, 2.75) is 6.42 Å². The lowest BCUT2D eigenvalue weighted by molar-refractivity contribution is -0.154. The molecule has 0 amide bonds. The predicted molar refractivity (Wildman–Crippen MR) is 45.8 cm³/mol. The van der Waals surface area contributed by atoms with Crippen molar-refractivity contribution in [2.24, 2.45) is 35.5 Å². The molecule has 0 aromatic carbocycles. The number of esters is 2. The number of cyclic esters (lactones) is 2. The van der Waals surface area contributed by atoms with Gasteiger partial charge in [-0.2, -0.15) is 0 Å². The molecule has 0 N–H and O–H groups in total. The molecule has 1 aliphatic heterocycles. The van der Waals surface area contributed by atoms with E-state index in [0.717, 1.165) is 0 Å². The Labute approximate surface area is 81.1 Å². The molecule has 4 aliphatic carbocycles. The van der Waals surface area contributed by atoms with Crippen molar-refractivity contribution in [1.29, 1.82) is 0 Å². The van der Waals surface area contributed by atoms with Crippen LogP contribution in [-0.2, 0) is 14.3 Å². The zero-order chi connectivity index (χ0) is 9.45. The van der Waals surface area contributed by atoms with Crippen LogP contribution in [0.5, 0.6) is 0 Å². The lowest BCUT2D eigenvalue weighted by Gasteiger charge is -2.36. The second kappa shape index (κ2) is 1.95. The molecular weight excluding hydrogens is 180 g/mol. The van der Waals surface area contributed by atoms with E-state index in [1.165, 1.54) is 6.42 Å². The van der Waals surface area contributed by atoms with Crippen LogP contribution < -0.4 is 0 Å². The van der Waals surface area contributed by atoms with Gasteiger partial charge in [-0.3, -0.25) is 9.59 Å². The molecule has 0 unspecified atom stereocenters. The second-order valence-corrected chi connectivity index (χ2v) is 4.89. The van der Waals surface area contributed by atoms with Gasteiger partial charge < -0.3 is 4.74 Å². The van der Waals surface area contributed by atoms with Gasteiger partial charge in [0, 0.05) is 0 Å². The van der Waals surface area contributed by atoms with Gasteiger partial charge in [-0.25, -0.2) is 0 Å². The van der Waals surface area contributed by atoms with Gasteiger partial charge >= 0.3 is 11.9 Å². The minimum Gasteiger partial charge on any atom is -0.393 e. The molecule has 3 fully saturated rings. The number of hydrogen-bond acceptors (Lipinski definition) is 3. The van der Waals surface area contributed by atoms with Gasteiger partial charge in [0.2, 0.25) is 0 Å². The van der Waals surface area contributed by atoms with Gasteiger partial charge in [0.25, 0.3) is 0 Å². The Kier molecular flexibility index (Phi) is 1.00. The maximum Gasteiger partial charge on any atom is 0.318 e. The lowest BCUT2D eigenvalue weighted by Crippen LogP contribution is -2.40. The Morgan fingerprint density at radius 2 is 1.50 bits per heavy atom. The highest BCUT2D eigenvalue weighted by Crippen LogP contribution is 2.65. The van der Waals surface area contributed by atoms with Gasteiger partial charge in [0.1, 0.15) is 0 Å². The van der Waals surface area contributed by atoms with Crippen molar-refractivity contribution >= 4 is 11.9 Å². The molecule has 72 valence electrons. The van der Waals surface area contributed by atoms with Gasteiger partial charge in [-0.1, -0.05) is 12.2 Å². The quantitative estimate of drug-likeness (QED) is 0.321. The van der Waals surface area contributed by atoms with Crippen LogP contribution in [0.3, 0.4) is 0 Å². The smallest absolute Gasteiger partial charge is 0.318 e. The highest BCUT2D eigenvalue weighted by molar-refractivity contribution is 5.97. The van der Waals surface area contributed by atoms with E-state index in [4.69, 9.17) is 4.74 Å². The van der Waals surface area contributed by atoms with Crippen molar-refractivity contribution in [1.82, 2.24) is 0 Å². The number of hydrogen-bond donors (Lipinski definition) is 0. The summed E-state index contributed by atoms with van der Waals surface area (Å²) in [6.45, 7) is 0. The third kappa shape index (κ3) is 0.606. The van der Waals surface area contributed by atoms with Crippen LogP contribution in [0.4, 0.5) is 0 Å². The van der Waals surface area contributed by atoms with Crippen LogP contribution in [0.2, 0.25) is 0 Å². The molecule has 1 heterocycles. The van der Waals surface area contributed by atoms with Crippen LogP contribution in [0.25, 0.3) is 0 Å². The summed E-state index contributed by atoms with van der Waals surface area (Å²) in [6.07, 6.45) is 5.48. The van der Waals surface area contributed by atoms with E-state index in [2.05, 4.69) is 12.2 Å². The summed E-state index contributed by atoms with van der Waals surface area (Å²) < 4.78 is 4.74. The SMILES string of the molecule is O=C1OC(=O)[C@H]2[C@H]3C=C[C@@H]([C@@H]4C[C@@H]34)[C@@H]12. The Morgan fingerprint density at radius 3 is 2.00 bits per heavy atom. The first-order chi connectivity index (χ1) is 6.77. The lowest BCUT2D eigenvalue weighted by atomic mass is 9.63. The molecule has 5 aliphatic rings. The fourth-order valence-corrected chi connectivity index (χ4v) is 3.76. The maximum atomic E-state index is 11.5. The molecule has 6 atom stereocenters. The summed E-state index contributed by atoms with van der Waals surface area (Å²) in [4.78, 5) is 23.0. The second-order valence-electron chi connectivity index (χ2n) is 4.89. The minimum atomic E-state index is -0.273. The van der Waals surface area contributed by atoms with Gasteiger partial charge in [-0.15, -0.1) is 0 Å². The average molecular weight is 190 g/mol. The third-order valence-corrected chi connectivity index (χ3v) is 4.40. The molecular formula is C11H10O3. The Bertz CT molecular complexity index is 350. The zero-order valence-electron chi connectivity index (χ0n) is 7.55. The van der Waals surface area contributed by atoms with Crippen molar-refractivity contribution in [3.05, 3.63) is 12.2 Å². The van der Waals surface area contributed by atoms with E-state index < -0.39 is 0 Å². The number of ether oxygens (including phenoxy) is 1. The van der Waals surface area contributed by atoms with Crippen LogP contribution in [0.15, 0.2) is 12.2 Å². The summed E-state index contributed by atoms with van der Waals surface area (Å²) in [5, 5.41) is 0. The van der Waals surface area contributed by atoms with Crippen LogP contribution >= 0.6 is 0 Å². The van der Waals surface area contributed by atoms with Gasteiger partial charge in [-0.05, 0) is 30.1 Å². The summed E-state index contributed by atoms with van der Waals surface area (Å²) in [5.74, 6) is 1.12. The molecule has 2 bridgehead atoms. The van der Waals surface area contributed by atoms with Gasteiger partial charge in [0.15, 0.2) is 0 Å². The van der Waals surface area contributed by atoms with Crippen LogP contribution in [0.1, 0.15) is 6.42 Å². The normalized spacial score (nSPS) is 56.9. The van der Waals surface area contributed by atoms with E-state index in [0.29, 0.717) is 23.7 Å². The van der Waals surface area contributed by atoms with Crippen LogP contribution in [-0.4, -0.2) is 11.9 Å². The highest BCUT2D eigenvalue weighted by Gasteiger charge is 2.66. The maximum absolute atomic E-state index is 11.5. The topological polar surface area (TPSA) is 43.4 Å². The first-order valence-corrected chi connectivity index (χ1v) is 5.21. The third-order valence-electron chi connectivity index (χ3n) is 4.40. The summed E-state index contributed by atoms with van der Waals surface area (Å²) >= 11 is 0. The van der Waals surface area contributed by atoms with Gasteiger partial charge in [0.05, 0.1) is 11.8 Å². The van der Waals surface area contributed by atoms with E-state index in [9.17, 15) is 9.59 Å². The first kappa shape index (κ1) is 7.21. The Balaban J connectivity index is 1.88. The molecule has 3 nitrogen and oxygen atoms in total. The molecule has 5 rings (SSSR count). The summed E-state index contributed by atoms with van der Waals surface area (Å²) in [5.41, 5.74) is 0. The van der Waals surface area contributed by atoms with Crippen molar-refractivity contribution < 1.29 is 14.3 Å².